The van der Waals surface area contributed by atoms with Crippen molar-refractivity contribution in [2.45, 2.75) is 52.2 Å². The van der Waals surface area contributed by atoms with E-state index in [9.17, 15) is 4.79 Å². The van der Waals surface area contributed by atoms with Gasteiger partial charge in [0.1, 0.15) is 5.82 Å². The van der Waals surface area contributed by atoms with Crippen LogP contribution in [0.1, 0.15) is 45.5 Å². The van der Waals surface area contributed by atoms with E-state index in [0.29, 0.717) is 18.0 Å². The molecule has 0 saturated carbocycles. The minimum absolute atomic E-state index is 0.0667. The number of rotatable bonds is 5. The molecule has 1 aromatic heterocycles. The molecular weight excluding hydrogens is 392 g/mol. The van der Waals surface area contributed by atoms with Crippen LogP contribution in [0.3, 0.4) is 0 Å². The summed E-state index contributed by atoms with van der Waals surface area (Å²) in [6, 6.07) is 6.49. The third-order valence-corrected chi connectivity index (χ3v) is 6.05. The van der Waals surface area contributed by atoms with Crippen LogP contribution < -0.4 is 5.56 Å². The minimum Gasteiger partial charge on any atom is -0.301 e. The first-order valence-electron chi connectivity index (χ1n) is 9.60. The molecule has 6 heteroatoms. The molecule has 0 bridgehead atoms. The van der Waals surface area contributed by atoms with E-state index < -0.39 is 0 Å². The Morgan fingerprint density at radius 1 is 1.31 bits per heavy atom. The number of hydrogen-bond donors (Lipinski definition) is 0. The van der Waals surface area contributed by atoms with Crippen molar-refractivity contribution in [3.8, 4) is 0 Å². The molecule has 0 N–H and O–H groups in total. The maximum Gasteiger partial charge on any atom is 0.261 e. The lowest BCUT2D eigenvalue weighted by molar-refractivity contribution is 0.0631. The molecule has 2 heterocycles. The smallest absolute Gasteiger partial charge is 0.261 e. The van der Waals surface area contributed by atoms with Crippen LogP contribution >= 0.6 is 15.9 Å². The lowest BCUT2D eigenvalue weighted by Gasteiger charge is -2.42. The molecule has 0 radical (unpaired) electrons. The fraction of sp³-hybridized carbons (Fsp3) is 0.600. The molecule has 0 unspecified atom stereocenters. The normalized spacial score (nSPS) is 20.6. The van der Waals surface area contributed by atoms with E-state index in [2.05, 4.69) is 46.6 Å². The van der Waals surface area contributed by atoms with Crippen molar-refractivity contribution in [2.24, 2.45) is 0 Å². The zero-order valence-electron chi connectivity index (χ0n) is 16.2. The first-order chi connectivity index (χ1) is 12.5. The highest BCUT2D eigenvalue weighted by atomic mass is 79.9. The van der Waals surface area contributed by atoms with E-state index in [1.54, 1.807) is 0 Å². The molecule has 1 aliphatic heterocycles. The standard InChI is InChI=1S/C20H29BrN4O/c1-5-7-18(24-11-10-23(4)14(3)13-24)19-22-17-9-8-15(21)12-16(17)20(26)25(19)6-2/h8-9,12,14,18H,5-7,10-11,13H2,1-4H3/t14-,18+/m0/s1. The lowest BCUT2D eigenvalue weighted by atomic mass is 10.1. The molecule has 0 amide bonds. The SMILES string of the molecule is CCC[C@H](c1nc2ccc(Br)cc2c(=O)n1CC)N1CCN(C)[C@@H](C)C1. The van der Waals surface area contributed by atoms with E-state index in [0.717, 1.165) is 48.3 Å². The molecule has 26 heavy (non-hydrogen) atoms. The monoisotopic (exact) mass is 420 g/mol. The molecule has 142 valence electrons. The van der Waals surface area contributed by atoms with Crippen molar-refractivity contribution in [1.29, 1.82) is 0 Å². The number of likely N-dealkylation sites (N-methyl/N-ethyl adjacent to an activating group) is 1. The number of piperazine rings is 1. The number of nitrogens with zero attached hydrogens (tertiary/aromatic N) is 4. The third-order valence-electron chi connectivity index (χ3n) is 5.55. The second kappa shape index (κ2) is 8.19. The summed E-state index contributed by atoms with van der Waals surface area (Å²) in [6.07, 6.45) is 2.09. The minimum atomic E-state index is 0.0667. The van der Waals surface area contributed by atoms with Crippen molar-refractivity contribution >= 4 is 26.8 Å². The Morgan fingerprint density at radius 2 is 2.08 bits per heavy atom. The highest BCUT2D eigenvalue weighted by molar-refractivity contribution is 9.10. The maximum atomic E-state index is 13.1. The Balaban J connectivity index is 2.10. The van der Waals surface area contributed by atoms with Crippen molar-refractivity contribution in [1.82, 2.24) is 19.4 Å². The Bertz CT molecular complexity index is 834. The van der Waals surface area contributed by atoms with E-state index in [-0.39, 0.29) is 11.6 Å². The average molecular weight is 421 g/mol. The molecule has 1 saturated heterocycles. The second-order valence-corrected chi connectivity index (χ2v) is 8.23. The Hall–Kier alpha value is -1.24. The van der Waals surface area contributed by atoms with Gasteiger partial charge in [-0.25, -0.2) is 4.98 Å². The van der Waals surface area contributed by atoms with Gasteiger partial charge in [-0.3, -0.25) is 14.3 Å². The van der Waals surface area contributed by atoms with Crippen LogP contribution in [0.25, 0.3) is 10.9 Å². The summed E-state index contributed by atoms with van der Waals surface area (Å²) in [7, 11) is 2.19. The molecule has 0 spiro atoms. The fourth-order valence-electron chi connectivity index (χ4n) is 3.88. The van der Waals surface area contributed by atoms with Gasteiger partial charge in [-0.2, -0.15) is 0 Å². The van der Waals surface area contributed by atoms with Crippen LogP contribution in [0, 0.1) is 0 Å². The van der Waals surface area contributed by atoms with Gasteiger partial charge in [0, 0.05) is 36.7 Å². The van der Waals surface area contributed by atoms with E-state index in [1.165, 1.54) is 0 Å². The van der Waals surface area contributed by atoms with Gasteiger partial charge in [0.05, 0.1) is 16.9 Å². The van der Waals surface area contributed by atoms with Gasteiger partial charge in [0.2, 0.25) is 0 Å². The van der Waals surface area contributed by atoms with Crippen LogP contribution in [0.5, 0.6) is 0 Å². The van der Waals surface area contributed by atoms with Crippen molar-refractivity contribution in [3.05, 3.63) is 38.9 Å². The van der Waals surface area contributed by atoms with E-state index >= 15 is 0 Å². The Labute approximate surface area is 164 Å². The average Bonchev–Trinajstić information content (AvgIpc) is 2.62. The number of halogens is 1. The predicted molar refractivity (Wildman–Crippen MR) is 111 cm³/mol. The molecule has 3 rings (SSSR count). The van der Waals surface area contributed by atoms with Gasteiger partial charge in [-0.15, -0.1) is 0 Å². The van der Waals surface area contributed by atoms with Gasteiger partial charge in [0.15, 0.2) is 0 Å². The lowest BCUT2D eigenvalue weighted by Crippen LogP contribution is -2.51. The largest absolute Gasteiger partial charge is 0.301 e. The molecule has 1 aromatic carbocycles. The van der Waals surface area contributed by atoms with Crippen molar-refractivity contribution < 1.29 is 0 Å². The van der Waals surface area contributed by atoms with Gasteiger partial charge in [-0.05, 0) is 45.5 Å². The maximum absolute atomic E-state index is 13.1. The summed E-state index contributed by atoms with van der Waals surface area (Å²) in [5.41, 5.74) is 0.859. The van der Waals surface area contributed by atoms with Gasteiger partial charge in [-0.1, -0.05) is 29.3 Å². The molecule has 5 nitrogen and oxygen atoms in total. The second-order valence-electron chi connectivity index (χ2n) is 7.31. The highest BCUT2D eigenvalue weighted by Crippen LogP contribution is 2.28. The van der Waals surface area contributed by atoms with Crippen LogP contribution in [0.2, 0.25) is 0 Å². The topological polar surface area (TPSA) is 41.4 Å². The molecule has 1 fully saturated rings. The molecule has 2 aromatic rings. The zero-order chi connectivity index (χ0) is 18.8. The molecule has 0 aliphatic carbocycles. The van der Waals surface area contributed by atoms with Crippen LogP contribution in [-0.4, -0.2) is 52.1 Å². The summed E-state index contributed by atoms with van der Waals surface area (Å²) in [4.78, 5) is 23.0. The van der Waals surface area contributed by atoms with Gasteiger partial charge >= 0.3 is 0 Å². The molecule has 2 atom stereocenters. The number of aromatic nitrogens is 2. The van der Waals surface area contributed by atoms with Crippen LogP contribution in [0.4, 0.5) is 0 Å². The van der Waals surface area contributed by atoms with Crippen LogP contribution in [0.15, 0.2) is 27.5 Å². The quantitative estimate of drug-likeness (QED) is 0.739. The Kier molecular flexibility index (Phi) is 6.15. The highest BCUT2D eigenvalue weighted by Gasteiger charge is 2.30. The third kappa shape index (κ3) is 3.73. The first-order valence-corrected chi connectivity index (χ1v) is 10.4. The van der Waals surface area contributed by atoms with E-state index in [1.807, 2.05) is 29.7 Å². The zero-order valence-corrected chi connectivity index (χ0v) is 17.8. The summed E-state index contributed by atoms with van der Waals surface area (Å²) >= 11 is 3.47. The number of hydrogen-bond acceptors (Lipinski definition) is 4. The summed E-state index contributed by atoms with van der Waals surface area (Å²) < 4.78 is 2.79. The summed E-state index contributed by atoms with van der Waals surface area (Å²) in [5.74, 6) is 0.922. The van der Waals surface area contributed by atoms with Gasteiger partial charge < -0.3 is 4.90 Å². The summed E-state index contributed by atoms with van der Waals surface area (Å²) in [5, 5.41) is 0.687. The fourth-order valence-corrected chi connectivity index (χ4v) is 4.24. The number of fused-ring (bicyclic) bond motifs is 1. The first kappa shape index (κ1) is 19.5. The molecular formula is C20H29BrN4O. The van der Waals surface area contributed by atoms with Gasteiger partial charge in [0.25, 0.3) is 5.56 Å². The summed E-state index contributed by atoms with van der Waals surface area (Å²) in [6.45, 7) is 10.2. The Morgan fingerprint density at radius 3 is 2.73 bits per heavy atom. The molecule has 1 aliphatic rings. The van der Waals surface area contributed by atoms with Crippen molar-refractivity contribution in [2.75, 3.05) is 26.7 Å². The predicted octanol–water partition coefficient (Wildman–Crippen LogP) is 3.66. The van der Waals surface area contributed by atoms with Crippen LogP contribution in [-0.2, 0) is 6.54 Å². The number of benzene rings is 1. The van der Waals surface area contributed by atoms with Crippen molar-refractivity contribution in [3.63, 3.8) is 0 Å². The van der Waals surface area contributed by atoms with E-state index in [4.69, 9.17) is 4.98 Å².